The largest absolute Gasteiger partial charge is 0.456 e. The van der Waals surface area contributed by atoms with E-state index in [1.807, 2.05) is 12.1 Å². The minimum absolute atomic E-state index is 0.0385. The van der Waals surface area contributed by atoms with Crippen LogP contribution in [-0.4, -0.2) is 16.4 Å². The van der Waals surface area contributed by atoms with Crippen LogP contribution in [0.3, 0.4) is 0 Å². The van der Waals surface area contributed by atoms with Gasteiger partial charge in [-0.25, -0.2) is 4.99 Å². The molecule has 1 aliphatic heterocycles. The number of benzene rings is 2. The van der Waals surface area contributed by atoms with Crippen LogP contribution in [0.1, 0.15) is 110 Å². The Morgan fingerprint density at radius 3 is 2.42 bits per heavy atom. The molecule has 0 saturated carbocycles. The zero-order valence-corrected chi connectivity index (χ0v) is 28.3. The number of hydrogen-bond acceptors (Lipinski definition) is 3. The summed E-state index contributed by atoms with van der Waals surface area (Å²) >= 11 is 0. The third-order valence-electron chi connectivity index (χ3n) is 12.2. The van der Waals surface area contributed by atoms with E-state index >= 15 is 0 Å². The summed E-state index contributed by atoms with van der Waals surface area (Å²) in [5, 5.41) is 0. The highest BCUT2D eigenvalue weighted by Crippen LogP contribution is 2.63. The summed E-state index contributed by atoms with van der Waals surface area (Å²) in [4.78, 5) is 5.31. The first-order chi connectivity index (χ1) is 23.4. The van der Waals surface area contributed by atoms with Crippen molar-refractivity contribution in [2.75, 3.05) is 0 Å². The second-order valence-electron chi connectivity index (χ2n) is 14.8. The van der Waals surface area contributed by atoms with Crippen molar-refractivity contribution in [2.24, 2.45) is 16.3 Å². The fourth-order valence-electron chi connectivity index (χ4n) is 9.86. The number of aromatic nitrogens is 1. The predicted octanol–water partition coefficient (Wildman–Crippen LogP) is 10.8. The fraction of sp³-hybridized carbons (Fsp3) is 0.341. The van der Waals surface area contributed by atoms with Crippen LogP contribution in [0.5, 0.6) is 0 Å². The van der Waals surface area contributed by atoms with Crippen molar-refractivity contribution in [1.82, 2.24) is 4.57 Å². The summed E-state index contributed by atoms with van der Waals surface area (Å²) in [5.74, 6) is 2.24. The fourth-order valence-corrected chi connectivity index (χ4v) is 9.86. The van der Waals surface area contributed by atoms with Gasteiger partial charge in [0.15, 0.2) is 5.76 Å². The second kappa shape index (κ2) is 11.1. The number of fused-ring (bicyclic) bond motifs is 8. The molecule has 2 aromatic heterocycles. The number of allylic oxidation sites excluding steroid dienone is 3. The zero-order valence-electron chi connectivity index (χ0n) is 28.3. The third kappa shape index (κ3) is 4.28. The number of furan rings is 1. The Balaban J connectivity index is 1.22. The minimum atomic E-state index is -0.315. The first-order valence-electron chi connectivity index (χ1n) is 17.8. The van der Waals surface area contributed by atoms with Crippen molar-refractivity contribution >= 4 is 29.1 Å². The van der Waals surface area contributed by atoms with E-state index in [9.17, 15) is 0 Å². The Kier molecular flexibility index (Phi) is 6.85. The highest BCUT2D eigenvalue weighted by Gasteiger charge is 2.62. The van der Waals surface area contributed by atoms with E-state index in [1.165, 1.54) is 28.9 Å². The quantitative estimate of drug-likeness (QED) is 0.162. The molecule has 4 aliphatic carbocycles. The van der Waals surface area contributed by atoms with Gasteiger partial charge in [-0.05, 0) is 69.9 Å². The Hall–Kier alpha value is -4.41. The average molecular weight is 633 g/mol. The molecule has 4 heteroatoms. The summed E-state index contributed by atoms with van der Waals surface area (Å²) in [7, 11) is 0. The molecule has 5 unspecified atom stereocenters. The molecule has 48 heavy (non-hydrogen) atoms. The summed E-state index contributed by atoms with van der Waals surface area (Å²) in [6.45, 7) is 11.6. The Morgan fingerprint density at radius 1 is 0.875 bits per heavy atom. The van der Waals surface area contributed by atoms with E-state index in [-0.39, 0.29) is 23.2 Å². The van der Waals surface area contributed by atoms with Crippen LogP contribution < -0.4 is 0 Å². The van der Waals surface area contributed by atoms with E-state index in [2.05, 4.69) is 117 Å². The summed E-state index contributed by atoms with van der Waals surface area (Å²) < 4.78 is 17.0. The molecule has 4 aromatic rings. The van der Waals surface area contributed by atoms with Gasteiger partial charge in [-0.1, -0.05) is 111 Å². The topological polar surface area (TPSA) is 39.7 Å². The molecule has 242 valence electrons. The third-order valence-corrected chi connectivity index (χ3v) is 12.2. The van der Waals surface area contributed by atoms with Crippen LogP contribution in [0.4, 0.5) is 5.69 Å². The minimum Gasteiger partial charge on any atom is -0.456 e. The van der Waals surface area contributed by atoms with Crippen LogP contribution in [0.25, 0.3) is 17.7 Å². The molecule has 0 bridgehead atoms. The van der Waals surface area contributed by atoms with Crippen molar-refractivity contribution in [1.29, 1.82) is 0 Å². The molecule has 0 N–H and O–H groups in total. The number of nitrogens with zero attached hydrogens (tertiary/aromatic N) is 2. The number of hydrogen-bond donors (Lipinski definition) is 0. The van der Waals surface area contributed by atoms with Gasteiger partial charge in [0.2, 0.25) is 0 Å². The van der Waals surface area contributed by atoms with Crippen LogP contribution in [0.2, 0.25) is 0 Å². The number of ether oxygens (including phenoxy) is 1. The second-order valence-corrected chi connectivity index (χ2v) is 14.8. The van der Waals surface area contributed by atoms with E-state index in [1.54, 1.807) is 0 Å². The van der Waals surface area contributed by atoms with Crippen molar-refractivity contribution in [2.45, 2.75) is 83.5 Å². The molecule has 1 saturated heterocycles. The van der Waals surface area contributed by atoms with Gasteiger partial charge in [0.1, 0.15) is 11.4 Å². The zero-order chi connectivity index (χ0) is 32.6. The summed E-state index contributed by atoms with van der Waals surface area (Å²) in [5.41, 5.74) is 11.4. The normalized spacial score (nSPS) is 28.4. The SMILES string of the molecule is C=C(c1ccccc1)c1oc2c(c1N=C(C)c1ccccc1)C=CCC2n1c2c(c3c1CCC1C3(C)OC3C=CCCC31C)C=CCC2. The summed E-state index contributed by atoms with van der Waals surface area (Å²) in [6.07, 6.45) is 21.7. The molecule has 0 amide bonds. The molecule has 9 rings (SSSR count). The monoisotopic (exact) mass is 632 g/mol. The van der Waals surface area contributed by atoms with E-state index in [4.69, 9.17) is 14.1 Å². The lowest BCUT2D eigenvalue weighted by molar-refractivity contribution is -0.0421. The van der Waals surface area contributed by atoms with Gasteiger partial charge in [-0.3, -0.25) is 0 Å². The molecular formula is C44H44N2O2. The smallest absolute Gasteiger partial charge is 0.160 e. The van der Waals surface area contributed by atoms with E-state index < -0.39 is 0 Å². The lowest BCUT2D eigenvalue weighted by Crippen LogP contribution is -2.41. The highest BCUT2D eigenvalue weighted by molar-refractivity contribution is 6.02. The molecule has 0 radical (unpaired) electrons. The Labute approximate surface area is 284 Å². The van der Waals surface area contributed by atoms with Gasteiger partial charge in [0.25, 0.3) is 0 Å². The molecule has 5 aliphatic rings. The Morgan fingerprint density at radius 2 is 1.62 bits per heavy atom. The predicted molar refractivity (Wildman–Crippen MR) is 196 cm³/mol. The first-order valence-corrected chi connectivity index (χ1v) is 17.8. The van der Waals surface area contributed by atoms with Gasteiger partial charge >= 0.3 is 0 Å². The molecule has 5 atom stereocenters. The average Bonchev–Trinajstić information content (AvgIpc) is 3.74. The number of rotatable bonds is 5. The maximum absolute atomic E-state index is 7.21. The molecule has 2 aromatic carbocycles. The van der Waals surface area contributed by atoms with Crippen molar-refractivity contribution in [3.63, 3.8) is 0 Å². The molecular weight excluding hydrogens is 588 g/mol. The number of aliphatic imine (C=N–C) groups is 1. The highest BCUT2D eigenvalue weighted by atomic mass is 16.5. The van der Waals surface area contributed by atoms with Gasteiger partial charge in [0.05, 0.1) is 17.7 Å². The van der Waals surface area contributed by atoms with E-state index in [0.29, 0.717) is 5.92 Å². The molecule has 4 nitrogen and oxygen atoms in total. The standard InChI is InChI=1S/C44H44N2O2/c1-28(30-16-7-5-8-17-30)41-40(45-29(2)31-18-9-6-10-19-31)33-21-15-23-36(42(33)47-41)46-34-22-12-11-20-32(34)39-35(46)25-26-37-43(3)27-14-13-24-38(43)48-44(37,39)4/h5-11,13,15-21,24,36-38H,1,12,14,22-23,25-27H2,2-4H3. The van der Waals surface area contributed by atoms with Crippen molar-refractivity contribution < 1.29 is 9.15 Å². The maximum atomic E-state index is 7.21. The van der Waals surface area contributed by atoms with Crippen LogP contribution in [-0.2, 0) is 23.2 Å². The van der Waals surface area contributed by atoms with Crippen molar-refractivity contribution in [3.05, 3.63) is 142 Å². The van der Waals surface area contributed by atoms with Crippen LogP contribution in [0, 0.1) is 11.3 Å². The Bertz CT molecular complexity index is 2050. The van der Waals surface area contributed by atoms with Crippen molar-refractivity contribution in [3.8, 4) is 0 Å². The van der Waals surface area contributed by atoms with Crippen LogP contribution >= 0.6 is 0 Å². The van der Waals surface area contributed by atoms with Gasteiger partial charge in [-0.2, -0.15) is 0 Å². The molecule has 1 fully saturated rings. The summed E-state index contributed by atoms with van der Waals surface area (Å²) in [6, 6.07) is 20.8. The maximum Gasteiger partial charge on any atom is 0.160 e. The lowest BCUT2D eigenvalue weighted by Gasteiger charge is -2.42. The van der Waals surface area contributed by atoms with Gasteiger partial charge in [-0.15, -0.1) is 0 Å². The first kappa shape index (κ1) is 29.7. The van der Waals surface area contributed by atoms with Gasteiger partial charge < -0.3 is 13.7 Å². The van der Waals surface area contributed by atoms with Crippen LogP contribution in [0.15, 0.2) is 101 Å². The molecule has 0 spiro atoms. The van der Waals surface area contributed by atoms with Gasteiger partial charge in [0, 0.05) is 50.7 Å². The molecule has 3 heterocycles. The lowest BCUT2D eigenvalue weighted by atomic mass is 9.60. The van der Waals surface area contributed by atoms with E-state index in [0.717, 1.165) is 83.7 Å².